The smallest absolute Gasteiger partial charge is 0.184 e. The third kappa shape index (κ3) is 2.26. The third-order valence-electron chi connectivity index (χ3n) is 2.65. The van der Waals surface area contributed by atoms with E-state index in [9.17, 15) is 0 Å². The number of hydrogen-bond acceptors (Lipinski definition) is 5. The van der Waals surface area contributed by atoms with Gasteiger partial charge in [0.1, 0.15) is 0 Å². The maximum absolute atomic E-state index is 5.95. The Kier molecular flexibility index (Phi) is 3.08. The quantitative estimate of drug-likeness (QED) is 0.735. The van der Waals surface area contributed by atoms with Crippen LogP contribution in [0, 0.1) is 0 Å². The summed E-state index contributed by atoms with van der Waals surface area (Å²) >= 11 is 3.33. The molecule has 0 saturated carbocycles. The number of nitrogen functional groups attached to an aromatic ring is 1. The summed E-state index contributed by atoms with van der Waals surface area (Å²) in [5.74, 6) is 0.908. The molecule has 0 saturated heterocycles. The highest BCUT2D eigenvalue weighted by Gasteiger charge is 2.09. The molecule has 0 aliphatic carbocycles. The first-order valence-electron chi connectivity index (χ1n) is 5.68. The lowest BCUT2D eigenvalue weighted by atomic mass is 10.2. The Morgan fingerprint density at radius 2 is 1.84 bits per heavy atom. The summed E-state index contributed by atoms with van der Waals surface area (Å²) in [7, 11) is 0. The molecular formula is C13H10BrN5. The standard InChI is InChI=1S/C13H10BrN5/c14-6-9-7-16-13-10(17-9)11(15)18-12(19-13)8-4-2-1-3-5-8/h1-5,7H,6H2,(H2,15,16,18,19). The number of nitrogens with zero attached hydrogens (tertiary/aromatic N) is 4. The van der Waals surface area contributed by atoms with Gasteiger partial charge in [0, 0.05) is 10.9 Å². The minimum Gasteiger partial charge on any atom is -0.382 e. The first-order valence-corrected chi connectivity index (χ1v) is 6.80. The minimum absolute atomic E-state index is 0.346. The number of hydrogen-bond donors (Lipinski definition) is 1. The molecule has 2 aromatic heterocycles. The molecule has 0 aliphatic rings. The van der Waals surface area contributed by atoms with E-state index in [-0.39, 0.29) is 0 Å². The SMILES string of the molecule is Nc1nc(-c2ccccc2)nc2ncc(CBr)nc12. The summed E-state index contributed by atoms with van der Waals surface area (Å²) < 4.78 is 0. The maximum Gasteiger partial charge on any atom is 0.184 e. The summed E-state index contributed by atoms with van der Waals surface area (Å²) in [6.07, 6.45) is 1.68. The molecule has 0 bridgehead atoms. The summed E-state index contributed by atoms with van der Waals surface area (Å²) in [4.78, 5) is 17.3. The summed E-state index contributed by atoms with van der Waals surface area (Å²) in [5, 5.41) is 0.621. The Hall–Kier alpha value is -2.08. The fourth-order valence-corrected chi connectivity index (χ4v) is 2.02. The second-order valence-corrected chi connectivity index (χ2v) is 4.53. The van der Waals surface area contributed by atoms with Gasteiger partial charge in [-0.15, -0.1) is 0 Å². The molecule has 2 N–H and O–H groups in total. The third-order valence-corrected chi connectivity index (χ3v) is 3.23. The van der Waals surface area contributed by atoms with Crippen LogP contribution < -0.4 is 5.73 Å². The molecule has 0 radical (unpaired) electrons. The van der Waals surface area contributed by atoms with Crippen molar-refractivity contribution in [1.82, 2.24) is 19.9 Å². The van der Waals surface area contributed by atoms with Gasteiger partial charge in [-0.1, -0.05) is 46.3 Å². The Labute approximate surface area is 118 Å². The molecule has 0 aliphatic heterocycles. The van der Waals surface area contributed by atoms with Crippen molar-refractivity contribution in [2.45, 2.75) is 5.33 Å². The van der Waals surface area contributed by atoms with Crippen LogP contribution in [0.2, 0.25) is 0 Å². The Bertz CT molecular complexity index is 730. The molecule has 3 aromatic rings. The fourth-order valence-electron chi connectivity index (χ4n) is 1.75. The predicted molar refractivity (Wildman–Crippen MR) is 77.6 cm³/mol. The number of anilines is 1. The molecule has 0 spiro atoms. The highest BCUT2D eigenvalue weighted by atomic mass is 79.9. The maximum atomic E-state index is 5.95. The zero-order chi connectivity index (χ0) is 13.2. The van der Waals surface area contributed by atoms with Crippen LogP contribution in [0.1, 0.15) is 5.69 Å². The van der Waals surface area contributed by atoms with Gasteiger partial charge in [0.15, 0.2) is 22.8 Å². The highest BCUT2D eigenvalue weighted by Crippen LogP contribution is 2.20. The van der Waals surface area contributed by atoms with E-state index >= 15 is 0 Å². The normalized spacial score (nSPS) is 10.8. The van der Waals surface area contributed by atoms with Crippen LogP contribution in [0.3, 0.4) is 0 Å². The minimum atomic E-state index is 0.346. The zero-order valence-electron chi connectivity index (χ0n) is 9.92. The Morgan fingerprint density at radius 1 is 1.05 bits per heavy atom. The zero-order valence-corrected chi connectivity index (χ0v) is 11.5. The monoisotopic (exact) mass is 315 g/mol. The van der Waals surface area contributed by atoms with Crippen molar-refractivity contribution >= 4 is 32.9 Å². The lowest BCUT2D eigenvalue weighted by molar-refractivity contribution is 1.11. The van der Waals surface area contributed by atoms with E-state index in [1.165, 1.54) is 0 Å². The van der Waals surface area contributed by atoms with Gasteiger partial charge in [-0.3, -0.25) is 0 Å². The fraction of sp³-hybridized carbons (Fsp3) is 0.0769. The first-order chi connectivity index (χ1) is 9.28. The van der Waals surface area contributed by atoms with E-state index in [4.69, 9.17) is 5.73 Å². The summed E-state index contributed by atoms with van der Waals surface area (Å²) in [5.41, 5.74) is 8.70. The van der Waals surface area contributed by atoms with Gasteiger partial charge >= 0.3 is 0 Å². The average Bonchev–Trinajstić information content (AvgIpc) is 2.48. The number of benzene rings is 1. The van der Waals surface area contributed by atoms with Crippen LogP contribution in [0.15, 0.2) is 36.5 Å². The number of fused-ring (bicyclic) bond motifs is 1. The molecule has 0 fully saturated rings. The molecule has 1 aromatic carbocycles. The second kappa shape index (κ2) is 4.89. The van der Waals surface area contributed by atoms with Gasteiger partial charge in [-0.2, -0.15) is 0 Å². The molecular weight excluding hydrogens is 306 g/mol. The summed E-state index contributed by atoms with van der Waals surface area (Å²) in [6.45, 7) is 0. The van der Waals surface area contributed by atoms with Crippen molar-refractivity contribution in [1.29, 1.82) is 0 Å². The number of aromatic nitrogens is 4. The molecule has 19 heavy (non-hydrogen) atoms. The van der Waals surface area contributed by atoms with E-state index in [0.717, 1.165) is 11.3 Å². The van der Waals surface area contributed by atoms with Gasteiger partial charge in [-0.25, -0.2) is 19.9 Å². The number of alkyl halides is 1. The van der Waals surface area contributed by atoms with Crippen LogP contribution >= 0.6 is 15.9 Å². The van der Waals surface area contributed by atoms with Crippen molar-refractivity contribution < 1.29 is 0 Å². The van der Waals surface area contributed by atoms with E-state index in [1.54, 1.807) is 6.20 Å². The average molecular weight is 316 g/mol. The van der Waals surface area contributed by atoms with Gasteiger partial charge in [0.05, 0.1) is 11.9 Å². The largest absolute Gasteiger partial charge is 0.382 e. The summed E-state index contributed by atoms with van der Waals surface area (Å²) in [6, 6.07) is 9.66. The molecule has 5 nitrogen and oxygen atoms in total. The number of nitrogens with two attached hydrogens (primary N) is 1. The molecule has 0 unspecified atom stereocenters. The van der Waals surface area contributed by atoms with Gasteiger partial charge in [0.25, 0.3) is 0 Å². The van der Waals surface area contributed by atoms with Gasteiger partial charge in [-0.05, 0) is 0 Å². The van der Waals surface area contributed by atoms with Crippen molar-refractivity contribution in [3.63, 3.8) is 0 Å². The van der Waals surface area contributed by atoms with E-state index in [2.05, 4.69) is 35.9 Å². The van der Waals surface area contributed by atoms with Crippen molar-refractivity contribution in [2.24, 2.45) is 0 Å². The van der Waals surface area contributed by atoms with E-state index in [1.807, 2.05) is 30.3 Å². The molecule has 3 rings (SSSR count). The van der Waals surface area contributed by atoms with Crippen LogP contribution in [0.25, 0.3) is 22.6 Å². The van der Waals surface area contributed by atoms with Gasteiger partial charge < -0.3 is 5.73 Å². The van der Waals surface area contributed by atoms with Crippen LogP contribution in [-0.4, -0.2) is 19.9 Å². The lowest BCUT2D eigenvalue weighted by Crippen LogP contribution is -2.02. The number of halogens is 1. The Morgan fingerprint density at radius 3 is 2.58 bits per heavy atom. The lowest BCUT2D eigenvalue weighted by Gasteiger charge is -2.05. The second-order valence-electron chi connectivity index (χ2n) is 3.97. The van der Waals surface area contributed by atoms with Crippen LogP contribution in [0.5, 0.6) is 0 Å². The van der Waals surface area contributed by atoms with Crippen molar-refractivity contribution in [2.75, 3.05) is 5.73 Å². The van der Waals surface area contributed by atoms with E-state index < -0.39 is 0 Å². The Balaban J connectivity index is 2.20. The topological polar surface area (TPSA) is 77.6 Å². The molecule has 0 atom stereocenters. The molecule has 0 amide bonds. The van der Waals surface area contributed by atoms with Crippen molar-refractivity contribution in [3.8, 4) is 11.4 Å². The molecule has 94 valence electrons. The number of rotatable bonds is 2. The van der Waals surface area contributed by atoms with Gasteiger partial charge in [0.2, 0.25) is 0 Å². The highest BCUT2D eigenvalue weighted by molar-refractivity contribution is 9.08. The first kappa shape index (κ1) is 12.0. The molecule has 6 heteroatoms. The molecule has 2 heterocycles. The van der Waals surface area contributed by atoms with E-state index in [0.29, 0.717) is 28.1 Å². The predicted octanol–water partition coefficient (Wildman–Crippen LogP) is 2.56. The van der Waals surface area contributed by atoms with Crippen molar-refractivity contribution in [3.05, 3.63) is 42.2 Å². The van der Waals surface area contributed by atoms with Crippen LogP contribution in [-0.2, 0) is 5.33 Å². The van der Waals surface area contributed by atoms with Crippen LogP contribution in [0.4, 0.5) is 5.82 Å².